The number of likely N-dealkylation sites (tertiary alicyclic amines) is 1. The Morgan fingerprint density at radius 3 is 2.54 bits per heavy atom. The summed E-state index contributed by atoms with van der Waals surface area (Å²) in [6, 6.07) is 3.66. The molecule has 0 unspecified atom stereocenters. The van der Waals surface area contributed by atoms with Crippen LogP contribution in [0.1, 0.15) is 38.3 Å². The fraction of sp³-hybridized carbons (Fsp3) is 0.588. The van der Waals surface area contributed by atoms with Crippen molar-refractivity contribution in [2.45, 2.75) is 32.6 Å². The summed E-state index contributed by atoms with van der Waals surface area (Å²) in [6.45, 7) is 4.57. The van der Waals surface area contributed by atoms with Crippen LogP contribution >= 0.6 is 0 Å². The zero-order valence-electron chi connectivity index (χ0n) is 14.4. The lowest BCUT2D eigenvalue weighted by Crippen LogP contribution is -2.47. The Labute approximate surface area is 142 Å². The Morgan fingerprint density at radius 1 is 1.38 bits per heavy atom. The summed E-state index contributed by atoms with van der Waals surface area (Å²) in [5.74, 6) is 0.138. The van der Waals surface area contributed by atoms with Crippen LogP contribution < -0.4 is 10.1 Å². The number of amides is 2. The SMILES string of the molecule is COc1ccc(C2CCN(C(=O)NCC(C)(C)C(=O)O)CC2)nc1. The van der Waals surface area contributed by atoms with Crippen molar-refractivity contribution >= 4 is 12.0 Å². The number of nitrogens with zero attached hydrogens (tertiary/aromatic N) is 2. The number of aliphatic carboxylic acids is 1. The molecule has 0 spiro atoms. The third kappa shape index (κ3) is 4.37. The topological polar surface area (TPSA) is 91.8 Å². The van der Waals surface area contributed by atoms with Crippen LogP contribution in [0.4, 0.5) is 4.79 Å². The van der Waals surface area contributed by atoms with E-state index in [1.807, 2.05) is 12.1 Å². The van der Waals surface area contributed by atoms with Gasteiger partial charge in [-0.3, -0.25) is 9.78 Å². The zero-order chi connectivity index (χ0) is 17.7. The zero-order valence-corrected chi connectivity index (χ0v) is 14.4. The first-order valence-corrected chi connectivity index (χ1v) is 8.09. The monoisotopic (exact) mass is 335 g/mol. The summed E-state index contributed by atoms with van der Waals surface area (Å²) in [4.78, 5) is 29.4. The third-order valence-corrected chi connectivity index (χ3v) is 4.46. The van der Waals surface area contributed by atoms with Crippen LogP contribution in [-0.4, -0.2) is 53.7 Å². The van der Waals surface area contributed by atoms with Gasteiger partial charge in [-0.25, -0.2) is 4.79 Å². The van der Waals surface area contributed by atoms with Gasteiger partial charge in [-0.2, -0.15) is 0 Å². The van der Waals surface area contributed by atoms with E-state index in [1.54, 1.807) is 32.1 Å². The van der Waals surface area contributed by atoms with Crippen molar-refractivity contribution in [2.75, 3.05) is 26.7 Å². The Hall–Kier alpha value is -2.31. The third-order valence-electron chi connectivity index (χ3n) is 4.46. The molecule has 2 amide bonds. The molecule has 0 bridgehead atoms. The van der Waals surface area contributed by atoms with Crippen molar-refractivity contribution in [3.8, 4) is 5.75 Å². The van der Waals surface area contributed by atoms with E-state index in [0.29, 0.717) is 19.0 Å². The maximum Gasteiger partial charge on any atom is 0.317 e. The molecular weight excluding hydrogens is 310 g/mol. The lowest BCUT2D eigenvalue weighted by molar-refractivity contribution is -0.146. The van der Waals surface area contributed by atoms with Crippen LogP contribution in [0.15, 0.2) is 18.3 Å². The Morgan fingerprint density at radius 2 is 2.04 bits per heavy atom. The van der Waals surface area contributed by atoms with E-state index >= 15 is 0 Å². The molecule has 132 valence electrons. The Balaban J connectivity index is 1.83. The highest BCUT2D eigenvalue weighted by Crippen LogP contribution is 2.27. The number of urea groups is 1. The smallest absolute Gasteiger partial charge is 0.317 e. The predicted octanol–water partition coefficient (Wildman–Crippen LogP) is 2.09. The normalized spacial score (nSPS) is 15.9. The molecule has 0 radical (unpaired) electrons. The largest absolute Gasteiger partial charge is 0.495 e. The molecule has 7 heteroatoms. The van der Waals surface area contributed by atoms with Crippen LogP contribution in [0.5, 0.6) is 5.75 Å². The van der Waals surface area contributed by atoms with Crippen LogP contribution in [0.3, 0.4) is 0 Å². The van der Waals surface area contributed by atoms with Crippen LogP contribution in [0.25, 0.3) is 0 Å². The minimum absolute atomic E-state index is 0.112. The first kappa shape index (κ1) is 18.0. The Bertz CT molecular complexity index is 578. The quantitative estimate of drug-likeness (QED) is 0.859. The summed E-state index contributed by atoms with van der Waals surface area (Å²) >= 11 is 0. The van der Waals surface area contributed by atoms with Crippen LogP contribution in [0, 0.1) is 5.41 Å². The Kier molecular flexibility index (Phi) is 5.64. The van der Waals surface area contributed by atoms with Crippen molar-refractivity contribution in [1.82, 2.24) is 15.2 Å². The first-order valence-electron chi connectivity index (χ1n) is 8.09. The molecule has 2 N–H and O–H groups in total. The second kappa shape index (κ2) is 7.51. The van der Waals surface area contributed by atoms with Crippen molar-refractivity contribution in [3.63, 3.8) is 0 Å². The van der Waals surface area contributed by atoms with Gasteiger partial charge in [0.15, 0.2) is 0 Å². The molecule has 24 heavy (non-hydrogen) atoms. The van der Waals surface area contributed by atoms with Crippen LogP contribution in [-0.2, 0) is 4.79 Å². The number of piperidine rings is 1. The number of carbonyl (C=O) groups excluding carboxylic acids is 1. The average molecular weight is 335 g/mol. The molecule has 1 aromatic heterocycles. The van der Waals surface area contributed by atoms with Gasteiger partial charge in [-0.05, 0) is 38.8 Å². The summed E-state index contributed by atoms with van der Waals surface area (Å²) < 4.78 is 5.11. The number of carboxylic acid groups (broad SMARTS) is 1. The maximum atomic E-state index is 12.2. The van der Waals surface area contributed by atoms with Gasteiger partial charge in [-0.15, -0.1) is 0 Å². The van der Waals surface area contributed by atoms with E-state index in [-0.39, 0.29) is 12.6 Å². The fourth-order valence-corrected chi connectivity index (χ4v) is 2.62. The maximum absolute atomic E-state index is 12.2. The molecule has 1 saturated heterocycles. The standard InChI is InChI=1S/C17H25N3O4/c1-17(2,15(21)22)11-19-16(23)20-8-6-12(7-9-20)14-5-4-13(24-3)10-18-14/h4-5,10,12H,6-9,11H2,1-3H3,(H,19,23)(H,21,22). The number of pyridine rings is 1. The summed E-state index contributed by atoms with van der Waals surface area (Å²) in [7, 11) is 1.61. The molecule has 1 aromatic rings. The fourth-order valence-electron chi connectivity index (χ4n) is 2.62. The van der Waals surface area contributed by atoms with E-state index in [9.17, 15) is 9.59 Å². The van der Waals surface area contributed by atoms with Gasteiger partial charge in [0.05, 0.1) is 18.7 Å². The molecular formula is C17H25N3O4. The van der Waals surface area contributed by atoms with Gasteiger partial charge in [0.1, 0.15) is 5.75 Å². The lowest BCUT2D eigenvalue weighted by Gasteiger charge is -2.32. The highest BCUT2D eigenvalue weighted by Gasteiger charge is 2.30. The van der Waals surface area contributed by atoms with E-state index in [2.05, 4.69) is 10.3 Å². The summed E-state index contributed by atoms with van der Waals surface area (Å²) in [6.07, 6.45) is 3.40. The van der Waals surface area contributed by atoms with E-state index in [1.165, 1.54) is 0 Å². The second-order valence-corrected chi connectivity index (χ2v) is 6.73. The molecule has 1 fully saturated rings. The van der Waals surface area contributed by atoms with Gasteiger partial charge in [0.2, 0.25) is 0 Å². The number of rotatable bonds is 5. The molecule has 1 aliphatic heterocycles. The predicted molar refractivity (Wildman–Crippen MR) is 89.2 cm³/mol. The van der Waals surface area contributed by atoms with Crippen molar-refractivity contribution in [2.24, 2.45) is 5.41 Å². The molecule has 7 nitrogen and oxygen atoms in total. The minimum atomic E-state index is -0.971. The molecule has 0 aliphatic carbocycles. The van der Waals surface area contributed by atoms with Crippen molar-refractivity contribution < 1.29 is 19.4 Å². The van der Waals surface area contributed by atoms with Gasteiger partial charge >= 0.3 is 12.0 Å². The average Bonchev–Trinajstić information content (AvgIpc) is 2.60. The molecule has 2 heterocycles. The number of carboxylic acids is 1. The summed E-state index contributed by atoms with van der Waals surface area (Å²) in [5.41, 5.74) is 0.0453. The number of nitrogens with one attached hydrogen (secondary N) is 1. The molecule has 2 rings (SSSR count). The number of methoxy groups -OCH3 is 1. The number of carbonyl (C=O) groups is 2. The van der Waals surface area contributed by atoms with E-state index in [0.717, 1.165) is 24.3 Å². The molecule has 0 aromatic carbocycles. The van der Waals surface area contributed by atoms with Crippen LogP contribution in [0.2, 0.25) is 0 Å². The summed E-state index contributed by atoms with van der Waals surface area (Å²) in [5, 5.41) is 11.8. The highest BCUT2D eigenvalue weighted by molar-refractivity contribution is 5.77. The molecule has 0 saturated carbocycles. The molecule has 0 atom stereocenters. The number of aromatic nitrogens is 1. The number of hydrogen-bond donors (Lipinski definition) is 2. The number of ether oxygens (including phenoxy) is 1. The van der Waals surface area contributed by atoms with Gasteiger partial charge in [-0.1, -0.05) is 0 Å². The van der Waals surface area contributed by atoms with E-state index in [4.69, 9.17) is 9.84 Å². The van der Waals surface area contributed by atoms with Gasteiger partial charge in [0.25, 0.3) is 0 Å². The minimum Gasteiger partial charge on any atom is -0.495 e. The number of hydrogen-bond acceptors (Lipinski definition) is 4. The van der Waals surface area contributed by atoms with Crippen molar-refractivity contribution in [1.29, 1.82) is 0 Å². The first-order chi connectivity index (χ1) is 11.3. The van der Waals surface area contributed by atoms with Gasteiger partial charge in [0, 0.05) is 31.2 Å². The van der Waals surface area contributed by atoms with Crippen molar-refractivity contribution in [3.05, 3.63) is 24.0 Å². The van der Waals surface area contributed by atoms with E-state index < -0.39 is 11.4 Å². The second-order valence-electron chi connectivity index (χ2n) is 6.73. The highest BCUT2D eigenvalue weighted by atomic mass is 16.5. The van der Waals surface area contributed by atoms with Gasteiger partial charge < -0.3 is 20.1 Å². The molecule has 1 aliphatic rings. The lowest BCUT2D eigenvalue weighted by atomic mass is 9.93.